The van der Waals surface area contributed by atoms with E-state index >= 15 is 0 Å². The molecule has 0 radical (unpaired) electrons. The zero-order chi connectivity index (χ0) is 25.1. The molecule has 0 saturated carbocycles. The van der Waals surface area contributed by atoms with E-state index in [-0.39, 0.29) is 24.9 Å². The van der Waals surface area contributed by atoms with Gasteiger partial charge in [-0.1, -0.05) is 78.9 Å². The van der Waals surface area contributed by atoms with E-state index in [2.05, 4.69) is 5.32 Å². The highest BCUT2D eigenvalue weighted by Gasteiger charge is 2.48. The molecule has 0 saturated heterocycles. The Morgan fingerprint density at radius 1 is 1.00 bits per heavy atom. The molecule has 7 heteroatoms. The predicted molar refractivity (Wildman–Crippen MR) is 137 cm³/mol. The summed E-state index contributed by atoms with van der Waals surface area (Å²) in [6.45, 7) is 2.63. The molecule has 3 aromatic carbocycles. The van der Waals surface area contributed by atoms with Crippen molar-refractivity contribution in [2.24, 2.45) is 0 Å². The van der Waals surface area contributed by atoms with E-state index in [0.717, 1.165) is 16.7 Å². The van der Waals surface area contributed by atoms with Crippen LogP contribution in [0.15, 0.2) is 91.0 Å². The minimum Gasteiger partial charge on any atom is -0.496 e. The third-order valence-corrected chi connectivity index (χ3v) is 6.67. The number of benzene rings is 3. The number of methoxy groups -OCH3 is 1. The van der Waals surface area contributed by atoms with Crippen LogP contribution in [0, 0.1) is 0 Å². The maximum Gasteiger partial charge on any atom is 0.273 e. The topological polar surface area (TPSA) is 76.5 Å². The summed E-state index contributed by atoms with van der Waals surface area (Å²) in [5, 5.41) is 7.75. The van der Waals surface area contributed by atoms with Crippen molar-refractivity contribution in [1.29, 1.82) is 0 Å². The minimum absolute atomic E-state index is 0.226. The number of fused-ring (bicyclic) bond motifs is 1. The van der Waals surface area contributed by atoms with Crippen molar-refractivity contribution >= 4 is 11.8 Å². The van der Waals surface area contributed by atoms with Gasteiger partial charge in [0, 0.05) is 17.7 Å². The fraction of sp³-hybridized carbons (Fsp3) is 0.207. The van der Waals surface area contributed by atoms with E-state index in [9.17, 15) is 9.59 Å². The van der Waals surface area contributed by atoms with Crippen molar-refractivity contribution in [2.45, 2.75) is 32.1 Å². The Hall–Kier alpha value is -4.39. The van der Waals surface area contributed by atoms with Gasteiger partial charge in [-0.3, -0.25) is 14.3 Å². The summed E-state index contributed by atoms with van der Waals surface area (Å²) in [5.74, 6) is 0.178. The molecular formula is C29H28N4O3. The number of ether oxygens (including phenoxy) is 1. The lowest BCUT2D eigenvalue weighted by Crippen LogP contribution is -2.63. The molecule has 182 valence electrons. The normalized spacial score (nSPS) is 16.9. The van der Waals surface area contributed by atoms with Crippen molar-refractivity contribution in [1.82, 2.24) is 20.0 Å². The average molecular weight is 481 g/mol. The van der Waals surface area contributed by atoms with Crippen LogP contribution in [0.4, 0.5) is 0 Å². The molecule has 1 atom stereocenters. The van der Waals surface area contributed by atoms with E-state index in [1.165, 1.54) is 0 Å². The van der Waals surface area contributed by atoms with Gasteiger partial charge in [-0.25, -0.2) is 0 Å². The Morgan fingerprint density at radius 3 is 2.39 bits per heavy atom. The molecule has 1 N–H and O–H groups in total. The van der Waals surface area contributed by atoms with Crippen LogP contribution in [0.5, 0.6) is 5.75 Å². The fourth-order valence-electron chi connectivity index (χ4n) is 4.61. The summed E-state index contributed by atoms with van der Waals surface area (Å²) in [6, 6.07) is 28.8. The van der Waals surface area contributed by atoms with E-state index in [4.69, 9.17) is 9.84 Å². The molecule has 0 aliphatic carbocycles. The van der Waals surface area contributed by atoms with Gasteiger partial charge in [-0.15, -0.1) is 0 Å². The van der Waals surface area contributed by atoms with Crippen LogP contribution in [0.2, 0.25) is 0 Å². The minimum atomic E-state index is -1.17. The number of hydrogen-bond acceptors (Lipinski definition) is 4. The second-order valence-electron chi connectivity index (χ2n) is 9.08. The molecule has 0 bridgehead atoms. The molecule has 5 rings (SSSR count). The number of hydrogen-bond donors (Lipinski definition) is 1. The molecule has 36 heavy (non-hydrogen) atoms. The fourth-order valence-corrected chi connectivity index (χ4v) is 4.61. The monoisotopic (exact) mass is 480 g/mol. The number of carbonyl (C=O) groups is 2. The number of nitrogens with zero attached hydrogens (tertiary/aromatic N) is 3. The first-order valence-corrected chi connectivity index (χ1v) is 11.9. The molecule has 4 aromatic rings. The molecule has 1 aliphatic rings. The predicted octanol–water partition coefficient (Wildman–Crippen LogP) is 4.29. The molecule has 2 heterocycles. The van der Waals surface area contributed by atoms with Gasteiger partial charge in [0.15, 0.2) is 0 Å². The summed E-state index contributed by atoms with van der Waals surface area (Å²) < 4.78 is 7.19. The van der Waals surface area contributed by atoms with Gasteiger partial charge in [0.05, 0.1) is 25.9 Å². The van der Waals surface area contributed by atoms with Crippen molar-refractivity contribution < 1.29 is 14.3 Å². The van der Waals surface area contributed by atoms with Crippen LogP contribution < -0.4 is 10.1 Å². The number of amides is 2. The highest BCUT2D eigenvalue weighted by atomic mass is 16.5. The smallest absolute Gasteiger partial charge is 0.273 e. The standard InChI is InChI=1S/C29H28N4O3/c1-29(28(35)30-18-21-11-5-3-6-12-21)20-33-25(17-24(31-33)22-13-7-4-8-14-22)27(34)32(29)19-23-15-9-10-16-26(23)36-2/h3-17H,18-20H2,1-2H3,(H,30,35)/t29-/m1/s1. The third kappa shape index (κ3) is 4.35. The van der Waals surface area contributed by atoms with Crippen LogP contribution in [0.1, 0.15) is 28.5 Å². The molecule has 1 aromatic heterocycles. The van der Waals surface area contributed by atoms with Crippen molar-refractivity contribution in [3.05, 3.63) is 108 Å². The van der Waals surface area contributed by atoms with Crippen LogP contribution >= 0.6 is 0 Å². The van der Waals surface area contributed by atoms with E-state index in [0.29, 0.717) is 23.7 Å². The van der Waals surface area contributed by atoms with Crippen LogP contribution in [0.25, 0.3) is 11.3 Å². The van der Waals surface area contributed by atoms with Gasteiger partial charge in [0.2, 0.25) is 5.91 Å². The lowest BCUT2D eigenvalue weighted by molar-refractivity contribution is -0.133. The number of rotatable bonds is 7. The number of para-hydroxylation sites is 1. The van der Waals surface area contributed by atoms with Gasteiger partial charge < -0.3 is 15.0 Å². The van der Waals surface area contributed by atoms with Crippen molar-refractivity contribution in [3.63, 3.8) is 0 Å². The van der Waals surface area contributed by atoms with Gasteiger partial charge in [0.1, 0.15) is 17.0 Å². The SMILES string of the molecule is COc1ccccc1CN1C(=O)c2cc(-c3ccccc3)nn2C[C@]1(C)C(=O)NCc1ccccc1. The Balaban J connectivity index is 1.52. The summed E-state index contributed by atoms with van der Waals surface area (Å²) in [7, 11) is 1.60. The Labute approximate surface area is 210 Å². The Bertz CT molecular complexity index is 1380. The summed E-state index contributed by atoms with van der Waals surface area (Å²) in [5.41, 5.74) is 2.71. The molecule has 0 fully saturated rings. The maximum absolute atomic E-state index is 13.9. The third-order valence-electron chi connectivity index (χ3n) is 6.67. The first kappa shape index (κ1) is 23.4. The number of nitrogens with one attached hydrogen (secondary N) is 1. The Kier molecular flexibility index (Phi) is 6.29. The first-order valence-electron chi connectivity index (χ1n) is 11.9. The summed E-state index contributed by atoms with van der Waals surface area (Å²) in [4.78, 5) is 29.2. The summed E-state index contributed by atoms with van der Waals surface area (Å²) in [6.07, 6.45) is 0. The zero-order valence-electron chi connectivity index (χ0n) is 20.3. The zero-order valence-corrected chi connectivity index (χ0v) is 20.3. The number of aromatic nitrogens is 2. The molecule has 1 aliphatic heterocycles. The van der Waals surface area contributed by atoms with Gasteiger partial charge >= 0.3 is 0 Å². The Morgan fingerprint density at radius 2 is 1.67 bits per heavy atom. The van der Waals surface area contributed by atoms with E-state index < -0.39 is 5.54 Å². The highest BCUT2D eigenvalue weighted by Crippen LogP contribution is 2.33. The van der Waals surface area contributed by atoms with Gasteiger partial charge in [0.25, 0.3) is 5.91 Å². The van der Waals surface area contributed by atoms with Crippen LogP contribution in [-0.2, 0) is 24.4 Å². The maximum atomic E-state index is 13.9. The van der Waals surface area contributed by atoms with E-state index in [1.54, 1.807) is 29.7 Å². The molecular weight excluding hydrogens is 452 g/mol. The molecule has 2 amide bonds. The van der Waals surface area contributed by atoms with Crippen LogP contribution in [0.3, 0.4) is 0 Å². The summed E-state index contributed by atoms with van der Waals surface area (Å²) >= 11 is 0. The van der Waals surface area contributed by atoms with Crippen molar-refractivity contribution in [2.75, 3.05) is 7.11 Å². The van der Waals surface area contributed by atoms with Gasteiger partial charge in [-0.05, 0) is 24.6 Å². The van der Waals surface area contributed by atoms with E-state index in [1.807, 2.05) is 84.9 Å². The van der Waals surface area contributed by atoms with Crippen LogP contribution in [-0.4, -0.2) is 39.1 Å². The lowest BCUT2D eigenvalue weighted by atomic mass is 9.93. The van der Waals surface area contributed by atoms with Crippen molar-refractivity contribution in [3.8, 4) is 17.0 Å². The largest absolute Gasteiger partial charge is 0.496 e. The quantitative estimate of drug-likeness (QED) is 0.428. The molecule has 0 spiro atoms. The average Bonchev–Trinajstić information content (AvgIpc) is 3.35. The molecule has 0 unspecified atom stereocenters. The number of carbonyl (C=O) groups excluding carboxylic acids is 2. The van der Waals surface area contributed by atoms with Gasteiger partial charge in [-0.2, -0.15) is 5.10 Å². The highest BCUT2D eigenvalue weighted by molar-refractivity contribution is 6.00. The molecule has 7 nitrogen and oxygen atoms in total. The lowest BCUT2D eigenvalue weighted by Gasteiger charge is -2.43. The second-order valence-corrected chi connectivity index (χ2v) is 9.08. The first-order chi connectivity index (χ1) is 17.5. The second kappa shape index (κ2) is 9.70.